The molecule has 180 valence electrons. The summed E-state index contributed by atoms with van der Waals surface area (Å²) in [5.41, 5.74) is -1.51. The van der Waals surface area contributed by atoms with E-state index in [1.54, 1.807) is 0 Å². The van der Waals surface area contributed by atoms with Gasteiger partial charge in [-0.25, -0.2) is 14.4 Å². The fraction of sp³-hybridized carbons (Fsp3) is 0.300. The Balaban J connectivity index is 1.59. The van der Waals surface area contributed by atoms with Crippen LogP contribution in [0.4, 0.5) is 30.7 Å². The van der Waals surface area contributed by atoms with Crippen molar-refractivity contribution in [3.63, 3.8) is 0 Å². The Morgan fingerprint density at radius 2 is 1.88 bits per heavy atom. The number of ether oxygens (including phenoxy) is 1. The van der Waals surface area contributed by atoms with E-state index in [4.69, 9.17) is 0 Å². The lowest BCUT2D eigenvalue weighted by atomic mass is 10.0. The van der Waals surface area contributed by atoms with Crippen molar-refractivity contribution >= 4 is 5.91 Å². The molecular formula is C20H14F7N5O2. The zero-order valence-corrected chi connectivity index (χ0v) is 16.9. The highest BCUT2D eigenvalue weighted by atomic mass is 19.4. The van der Waals surface area contributed by atoms with Crippen LogP contribution in [0.1, 0.15) is 40.6 Å². The maximum absolute atomic E-state index is 14.2. The molecule has 3 aromatic heterocycles. The van der Waals surface area contributed by atoms with E-state index in [1.807, 2.05) is 0 Å². The van der Waals surface area contributed by atoms with Gasteiger partial charge in [0.2, 0.25) is 5.88 Å². The van der Waals surface area contributed by atoms with E-state index in [0.717, 1.165) is 12.3 Å². The van der Waals surface area contributed by atoms with Crippen LogP contribution in [0.25, 0.3) is 11.3 Å². The van der Waals surface area contributed by atoms with E-state index in [-0.39, 0.29) is 11.3 Å². The summed E-state index contributed by atoms with van der Waals surface area (Å²) in [6.07, 6.45) is -7.38. The van der Waals surface area contributed by atoms with Gasteiger partial charge in [-0.05, 0) is 31.0 Å². The minimum absolute atomic E-state index is 0.0775. The molecule has 7 nitrogen and oxygen atoms in total. The van der Waals surface area contributed by atoms with Gasteiger partial charge in [0, 0.05) is 29.9 Å². The molecule has 1 aliphatic rings. The number of alkyl halides is 6. The van der Waals surface area contributed by atoms with E-state index in [1.165, 1.54) is 16.8 Å². The molecule has 14 heteroatoms. The van der Waals surface area contributed by atoms with Crippen LogP contribution in [-0.2, 0) is 12.7 Å². The molecule has 0 aromatic carbocycles. The lowest BCUT2D eigenvalue weighted by Gasteiger charge is -2.24. The molecule has 0 bridgehead atoms. The van der Waals surface area contributed by atoms with Gasteiger partial charge >= 0.3 is 12.5 Å². The first kappa shape index (κ1) is 23.4. The zero-order valence-electron chi connectivity index (χ0n) is 16.9. The van der Waals surface area contributed by atoms with Crippen LogP contribution < -0.4 is 10.1 Å². The molecule has 0 radical (unpaired) electrons. The Labute approximate surface area is 186 Å². The summed E-state index contributed by atoms with van der Waals surface area (Å²) >= 11 is 0. The smallest absolute Gasteiger partial charge is 0.388 e. The van der Waals surface area contributed by atoms with Crippen LogP contribution >= 0.6 is 0 Å². The van der Waals surface area contributed by atoms with Gasteiger partial charge in [-0.1, -0.05) is 0 Å². The van der Waals surface area contributed by atoms with Gasteiger partial charge in [0.1, 0.15) is 5.69 Å². The third-order valence-electron chi connectivity index (χ3n) is 4.98. The quantitative estimate of drug-likeness (QED) is 0.540. The molecule has 0 saturated carbocycles. The maximum atomic E-state index is 14.2. The number of carbonyl (C=O) groups is 1. The van der Waals surface area contributed by atoms with Crippen molar-refractivity contribution in [2.45, 2.75) is 38.0 Å². The zero-order chi connectivity index (χ0) is 24.7. The van der Waals surface area contributed by atoms with Crippen molar-refractivity contribution in [3.8, 4) is 17.1 Å². The lowest BCUT2D eigenvalue weighted by Crippen LogP contribution is -2.32. The first-order chi connectivity index (χ1) is 15.9. The molecule has 3 aromatic rings. The predicted octanol–water partition coefficient (Wildman–Crippen LogP) is 4.66. The molecular weight excluding hydrogens is 475 g/mol. The topological polar surface area (TPSA) is 81.9 Å². The molecule has 0 saturated heterocycles. The second-order valence-electron chi connectivity index (χ2n) is 7.32. The number of rotatable bonds is 4. The SMILES string of the molecule is O=C(N[C@H]1CCCn2nc(-c3cc(C(F)(F)F)ncc3F)cc21)c1ccnc(OC(F)(F)F)c1. The summed E-state index contributed by atoms with van der Waals surface area (Å²) in [7, 11) is 0. The first-order valence-corrected chi connectivity index (χ1v) is 9.74. The van der Waals surface area contributed by atoms with Crippen LogP contribution in [0.5, 0.6) is 5.88 Å². The van der Waals surface area contributed by atoms with Crippen molar-refractivity contribution in [1.29, 1.82) is 0 Å². The highest BCUT2D eigenvalue weighted by Gasteiger charge is 2.34. The number of pyridine rings is 2. The number of aromatic nitrogens is 4. The number of aryl methyl sites for hydroxylation is 1. The third-order valence-corrected chi connectivity index (χ3v) is 4.98. The number of hydrogen-bond donors (Lipinski definition) is 1. The van der Waals surface area contributed by atoms with Crippen molar-refractivity contribution in [1.82, 2.24) is 25.1 Å². The molecule has 4 rings (SSSR count). The van der Waals surface area contributed by atoms with Crippen LogP contribution in [0.15, 0.2) is 36.7 Å². The Morgan fingerprint density at radius 1 is 1.12 bits per heavy atom. The summed E-state index contributed by atoms with van der Waals surface area (Å²) in [6.45, 7) is 0.374. The number of fused-ring (bicyclic) bond motifs is 1. The molecule has 1 N–H and O–H groups in total. The number of amides is 1. The number of halogens is 7. The van der Waals surface area contributed by atoms with Gasteiger partial charge < -0.3 is 10.1 Å². The fourth-order valence-electron chi connectivity index (χ4n) is 3.52. The summed E-state index contributed by atoms with van der Waals surface area (Å²) in [5.74, 6) is -2.55. The van der Waals surface area contributed by atoms with Crippen LogP contribution in [0, 0.1) is 5.82 Å². The van der Waals surface area contributed by atoms with Gasteiger partial charge in [0.25, 0.3) is 5.91 Å². The second kappa shape index (κ2) is 8.57. The summed E-state index contributed by atoms with van der Waals surface area (Å²) in [4.78, 5) is 19.1. The Morgan fingerprint density at radius 3 is 2.59 bits per heavy atom. The Kier molecular flexibility index (Phi) is 5.91. The van der Waals surface area contributed by atoms with Crippen molar-refractivity contribution in [2.24, 2.45) is 0 Å². The maximum Gasteiger partial charge on any atom is 0.574 e. The van der Waals surface area contributed by atoms with E-state index in [2.05, 4.69) is 25.1 Å². The van der Waals surface area contributed by atoms with E-state index in [9.17, 15) is 35.5 Å². The average Bonchev–Trinajstić information content (AvgIpc) is 3.17. The third kappa shape index (κ3) is 5.10. The minimum Gasteiger partial charge on any atom is -0.388 e. The molecule has 4 heterocycles. The molecule has 0 fully saturated rings. The normalized spacial score (nSPS) is 16.1. The van der Waals surface area contributed by atoms with E-state index >= 15 is 0 Å². The molecule has 1 aliphatic heterocycles. The molecule has 34 heavy (non-hydrogen) atoms. The van der Waals surface area contributed by atoms with Crippen molar-refractivity contribution < 1.29 is 40.3 Å². The highest BCUT2D eigenvalue weighted by molar-refractivity contribution is 5.94. The lowest BCUT2D eigenvalue weighted by molar-refractivity contribution is -0.276. The van der Waals surface area contributed by atoms with Crippen LogP contribution in [-0.4, -0.2) is 32.0 Å². The monoisotopic (exact) mass is 489 g/mol. The van der Waals surface area contributed by atoms with Crippen LogP contribution in [0.2, 0.25) is 0 Å². The molecule has 0 unspecified atom stereocenters. The van der Waals surface area contributed by atoms with E-state index in [0.29, 0.717) is 37.3 Å². The predicted molar refractivity (Wildman–Crippen MR) is 101 cm³/mol. The number of hydrogen-bond acceptors (Lipinski definition) is 5. The summed E-state index contributed by atoms with van der Waals surface area (Å²) in [5, 5.41) is 6.81. The fourth-order valence-corrected chi connectivity index (χ4v) is 3.52. The van der Waals surface area contributed by atoms with Crippen molar-refractivity contribution in [3.05, 3.63) is 59.4 Å². The standard InChI is InChI=1S/C20H14F7N5O2/c21-12-9-29-16(19(22,23)24)7-11(12)14-8-15-13(2-1-5-32(15)31-14)30-18(33)10-3-4-28-17(6-10)34-20(25,26)27/h3-4,6-9,13H,1-2,5H2,(H,30,33)/t13-/m0/s1. The Bertz CT molecular complexity index is 1220. The number of nitrogens with zero attached hydrogens (tertiary/aromatic N) is 4. The number of nitrogens with one attached hydrogen (secondary N) is 1. The van der Waals surface area contributed by atoms with Gasteiger partial charge in [-0.3, -0.25) is 9.48 Å². The summed E-state index contributed by atoms with van der Waals surface area (Å²) in [6, 6.07) is 3.24. The van der Waals surface area contributed by atoms with Gasteiger partial charge in [-0.15, -0.1) is 13.2 Å². The first-order valence-electron chi connectivity index (χ1n) is 9.74. The average molecular weight is 489 g/mol. The van der Waals surface area contributed by atoms with Gasteiger partial charge in [0.05, 0.1) is 23.6 Å². The molecule has 1 amide bonds. The van der Waals surface area contributed by atoms with Gasteiger partial charge in [0.15, 0.2) is 5.82 Å². The minimum atomic E-state index is -4.98. The molecule has 0 aliphatic carbocycles. The van der Waals surface area contributed by atoms with E-state index < -0.39 is 47.4 Å². The number of carbonyl (C=O) groups excluding carboxylic acids is 1. The molecule has 0 spiro atoms. The van der Waals surface area contributed by atoms with Crippen LogP contribution in [0.3, 0.4) is 0 Å². The second-order valence-corrected chi connectivity index (χ2v) is 7.32. The van der Waals surface area contributed by atoms with Crippen molar-refractivity contribution in [2.75, 3.05) is 0 Å². The van der Waals surface area contributed by atoms with Gasteiger partial charge in [-0.2, -0.15) is 18.3 Å². The summed E-state index contributed by atoms with van der Waals surface area (Å²) < 4.78 is 95.6. The highest BCUT2D eigenvalue weighted by Crippen LogP contribution is 2.34. The molecule has 1 atom stereocenters. The Hall–Kier alpha value is -3.71. The largest absolute Gasteiger partial charge is 0.574 e.